The lowest BCUT2D eigenvalue weighted by atomic mass is 10.2. The zero-order valence-corrected chi connectivity index (χ0v) is 16.8. The second-order valence-corrected chi connectivity index (χ2v) is 8.46. The Labute approximate surface area is 173 Å². The van der Waals surface area contributed by atoms with Crippen molar-refractivity contribution >= 4 is 35.1 Å². The molecule has 0 amide bonds. The lowest BCUT2D eigenvalue weighted by Crippen LogP contribution is -2.11. The van der Waals surface area contributed by atoms with Gasteiger partial charge in [-0.2, -0.15) is 0 Å². The minimum absolute atomic E-state index is 0.244. The Hall–Kier alpha value is -2.36. The van der Waals surface area contributed by atoms with Gasteiger partial charge in [-0.1, -0.05) is 35.1 Å². The average Bonchev–Trinajstić information content (AvgIpc) is 3.45. The van der Waals surface area contributed by atoms with E-state index in [2.05, 4.69) is 29.9 Å². The summed E-state index contributed by atoms with van der Waals surface area (Å²) in [7, 11) is 0. The van der Waals surface area contributed by atoms with Gasteiger partial charge in [-0.25, -0.2) is 0 Å². The Morgan fingerprint density at radius 2 is 1.86 bits per heavy atom. The molecule has 10 heteroatoms. The maximum atomic E-state index is 5.93. The molecule has 0 aliphatic carbocycles. The number of nitrogens with zero attached hydrogens (tertiary/aromatic N) is 6. The van der Waals surface area contributed by atoms with Crippen molar-refractivity contribution in [3.05, 3.63) is 53.8 Å². The van der Waals surface area contributed by atoms with E-state index < -0.39 is 0 Å². The summed E-state index contributed by atoms with van der Waals surface area (Å²) in [5.74, 6) is 3.08. The number of pyridine rings is 1. The summed E-state index contributed by atoms with van der Waals surface area (Å²) in [5, 5.41) is 19.1. The molecule has 140 valence electrons. The van der Waals surface area contributed by atoms with Gasteiger partial charge < -0.3 is 4.42 Å². The zero-order chi connectivity index (χ0) is 18.9. The first-order chi connectivity index (χ1) is 13.8. The summed E-state index contributed by atoms with van der Waals surface area (Å²) >= 11 is 9.18. The van der Waals surface area contributed by atoms with E-state index >= 15 is 0 Å². The van der Waals surface area contributed by atoms with Gasteiger partial charge in [0.1, 0.15) is 0 Å². The molecule has 4 heterocycles. The number of hydrogen-bond donors (Lipinski definition) is 0. The van der Waals surface area contributed by atoms with Crippen molar-refractivity contribution in [3.63, 3.8) is 0 Å². The molecule has 28 heavy (non-hydrogen) atoms. The van der Waals surface area contributed by atoms with E-state index in [1.165, 1.54) is 11.8 Å². The molecule has 0 N–H and O–H groups in total. The van der Waals surface area contributed by atoms with E-state index in [-0.39, 0.29) is 6.04 Å². The number of rotatable bonds is 5. The first kappa shape index (κ1) is 17.7. The van der Waals surface area contributed by atoms with Crippen molar-refractivity contribution in [1.82, 2.24) is 29.9 Å². The minimum Gasteiger partial charge on any atom is -0.411 e. The number of fused-ring (bicyclic) bond motifs is 1. The van der Waals surface area contributed by atoms with Gasteiger partial charge in [0.2, 0.25) is 5.89 Å². The summed E-state index contributed by atoms with van der Waals surface area (Å²) in [6.45, 7) is 0. The lowest BCUT2D eigenvalue weighted by molar-refractivity contribution is 0.464. The van der Waals surface area contributed by atoms with Gasteiger partial charge in [0.05, 0.1) is 6.04 Å². The van der Waals surface area contributed by atoms with Crippen molar-refractivity contribution in [2.75, 3.05) is 11.5 Å². The largest absolute Gasteiger partial charge is 0.411 e. The Kier molecular flexibility index (Phi) is 4.79. The van der Waals surface area contributed by atoms with Crippen LogP contribution in [0.4, 0.5) is 0 Å². The third-order valence-corrected chi connectivity index (χ3v) is 6.57. The van der Waals surface area contributed by atoms with Crippen LogP contribution in [0.15, 0.2) is 63.6 Å². The molecule has 5 rings (SSSR count). The van der Waals surface area contributed by atoms with Crippen LogP contribution in [0.1, 0.15) is 6.04 Å². The van der Waals surface area contributed by atoms with Gasteiger partial charge in [0, 0.05) is 40.0 Å². The average molecular weight is 429 g/mol. The summed E-state index contributed by atoms with van der Waals surface area (Å²) in [4.78, 5) is 4.07. The highest BCUT2D eigenvalue weighted by Crippen LogP contribution is 2.38. The SMILES string of the molecule is Clc1ccc(-c2nnc(SCC3CSc4nnc(-c5ccncc5)n43)o2)cc1. The van der Waals surface area contributed by atoms with Crippen LogP contribution >= 0.6 is 35.1 Å². The fourth-order valence-electron chi connectivity index (χ4n) is 2.92. The van der Waals surface area contributed by atoms with Gasteiger partial charge in [-0.3, -0.25) is 9.55 Å². The summed E-state index contributed by atoms with van der Waals surface area (Å²) < 4.78 is 7.98. The molecule has 1 atom stereocenters. The second-order valence-electron chi connectivity index (χ2n) is 6.07. The van der Waals surface area contributed by atoms with Crippen LogP contribution < -0.4 is 0 Å². The van der Waals surface area contributed by atoms with Crippen LogP contribution in [-0.2, 0) is 0 Å². The molecule has 1 unspecified atom stereocenters. The standard InChI is InChI=1S/C18H13ClN6OS2/c19-13-3-1-12(2-4-13)16-22-24-18(26-16)28-10-14-9-27-17-23-21-15(25(14)17)11-5-7-20-8-6-11/h1-8,14H,9-10H2. The zero-order valence-electron chi connectivity index (χ0n) is 14.4. The van der Waals surface area contributed by atoms with Gasteiger partial charge >= 0.3 is 0 Å². The fraction of sp³-hybridized carbons (Fsp3) is 0.167. The van der Waals surface area contributed by atoms with Crippen molar-refractivity contribution in [1.29, 1.82) is 0 Å². The molecular formula is C18H13ClN6OS2. The maximum Gasteiger partial charge on any atom is 0.276 e. The van der Waals surface area contributed by atoms with Crippen LogP contribution in [0.2, 0.25) is 5.02 Å². The van der Waals surface area contributed by atoms with Crippen LogP contribution in [0, 0.1) is 0 Å². The van der Waals surface area contributed by atoms with E-state index in [1.54, 1.807) is 36.3 Å². The molecule has 4 aromatic rings. The van der Waals surface area contributed by atoms with Gasteiger partial charge in [-0.05, 0) is 36.4 Å². The van der Waals surface area contributed by atoms with Crippen molar-refractivity contribution in [2.45, 2.75) is 16.4 Å². The van der Waals surface area contributed by atoms with E-state index in [0.717, 1.165) is 33.6 Å². The summed E-state index contributed by atoms with van der Waals surface area (Å²) in [6, 6.07) is 11.5. The highest BCUT2D eigenvalue weighted by Gasteiger charge is 2.29. The van der Waals surface area contributed by atoms with Crippen LogP contribution in [0.5, 0.6) is 0 Å². The molecule has 0 radical (unpaired) electrons. The fourth-order valence-corrected chi connectivity index (χ4v) is 5.11. The van der Waals surface area contributed by atoms with Crippen molar-refractivity contribution in [3.8, 4) is 22.8 Å². The van der Waals surface area contributed by atoms with Crippen LogP contribution in [0.3, 0.4) is 0 Å². The van der Waals surface area contributed by atoms with Crippen LogP contribution in [-0.4, -0.2) is 41.5 Å². The monoisotopic (exact) mass is 428 g/mol. The predicted molar refractivity (Wildman–Crippen MR) is 108 cm³/mol. The number of thioether (sulfide) groups is 2. The predicted octanol–water partition coefficient (Wildman–Crippen LogP) is 4.48. The number of hydrogen-bond acceptors (Lipinski definition) is 8. The molecule has 1 aromatic carbocycles. The molecule has 7 nitrogen and oxygen atoms in total. The van der Waals surface area contributed by atoms with Gasteiger partial charge in [0.15, 0.2) is 11.0 Å². The van der Waals surface area contributed by atoms with E-state index in [4.69, 9.17) is 16.0 Å². The molecule has 0 saturated carbocycles. The highest BCUT2D eigenvalue weighted by molar-refractivity contribution is 8.00. The molecule has 1 aliphatic heterocycles. The first-order valence-corrected chi connectivity index (χ1v) is 10.8. The molecule has 0 bridgehead atoms. The number of aromatic nitrogens is 6. The summed E-state index contributed by atoms with van der Waals surface area (Å²) in [6.07, 6.45) is 3.53. The first-order valence-electron chi connectivity index (χ1n) is 8.48. The minimum atomic E-state index is 0.244. The molecule has 1 aliphatic rings. The molecular weight excluding hydrogens is 416 g/mol. The third kappa shape index (κ3) is 3.41. The quantitative estimate of drug-likeness (QED) is 0.430. The van der Waals surface area contributed by atoms with Crippen molar-refractivity contribution in [2.24, 2.45) is 0 Å². The molecule has 0 fully saturated rings. The Morgan fingerprint density at radius 3 is 2.68 bits per heavy atom. The van der Waals surface area contributed by atoms with Crippen LogP contribution in [0.25, 0.3) is 22.8 Å². The molecule has 0 spiro atoms. The Morgan fingerprint density at radius 1 is 1.04 bits per heavy atom. The lowest BCUT2D eigenvalue weighted by Gasteiger charge is -2.12. The van der Waals surface area contributed by atoms with E-state index in [9.17, 15) is 0 Å². The normalized spacial score (nSPS) is 15.7. The second kappa shape index (κ2) is 7.57. The Bertz CT molecular complexity index is 1100. The highest BCUT2D eigenvalue weighted by atomic mass is 35.5. The van der Waals surface area contributed by atoms with Gasteiger partial charge in [0.25, 0.3) is 5.22 Å². The van der Waals surface area contributed by atoms with Gasteiger partial charge in [-0.15, -0.1) is 20.4 Å². The third-order valence-electron chi connectivity index (χ3n) is 4.27. The smallest absolute Gasteiger partial charge is 0.276 e. The summed E-state index contributed by atoms with van der Waals surface area (Å²) in [5.41, 5.74) is 1.86. The van der Waals surface area contributed by atoms with Crippen molar-refractivity contribution < 1.29 is 4.42 Å². The molecule has 0 saturated heterocycles. The Balaban J connectivity index is 1.32. The number of halogens is 1. The van der Waals surface area contributed by atoms with E-state index in [1.807, 2.05) is 24.3 Å². The number of benzene rings is 1. The topological polar surface area (TPSA) is 82.5 Å². The van der Waals surface area contributed by atoms with E-state index in [0.29, 0.717) is 16.1 Å². The maximum absolute atomic E-state index is 5.93. The molecule has 3 aromatic heterocycles.